The molecule has 1 atom stereocenters. The van der Waals surface area contributed by atoms with Crippen LogP contribution >= 0.6 is 0 Å². The maximum absolute atomic E-state index is 5.41. The zero-order valence-corrected chi connectivity index (χ0v) is 9.65. The molecule has 2 nitrogen and oxygen atoms in total. The fourth-order valence-electron chi connectivity index (χ4n) is 2.62. The van der Waals surface area contributed by atoms with Crippen LogP contribution < -0.4 is 0 Å². The molecule has 1 aliphatic carbocycles. The molecule has 0 saturated carbocycles. The van der Waals surface area contributed by atoms with Crippen LogP contribution in [-0.2, 0) is 4.74 Å². The lowest BCUT2D eigenvalue weighted by molar-refractivity contribution is 0.0640. The first-order chi connectivity index (χ1) is 7.86. The Morgan fingerprint density at radius 1 is 1.19 bits per heavy atom. The minimum absolute atomic E-state index is 0.550. The molecule has 0 aromatic heterocycles. The van der Waals surface area contributed by atoms with E-state index in [9.17, 15) is 0 Å². The standard InChI is InChI=1S/C14H17NO/c1-11-10-14(15-6-8-16-9-7-15)13-5-3-2-4-12(11)13/h2-5,10-11H,6-9H2,1H3/t11-/m1/s1. The van der Waals surface area contributed by atoms with Crippen molar-refractivity contribution in [3.05, 3.63) is 41.5 Å². The van der Waals surface area contributed by atoms with Crippen LogP contribution in [0.15, 0.2) is 30.3 Å². The lowest BCUT2D eigenvalue weighted by Gasteiger charge is -2.30. The molecule has 0 N–H and O–H groups in total. The van der Waals surface area contributed by atoms with Crippen molar-refractivity contribution in [2.45, 2.75) is 12.8 Å². The molecule has 0 radical (unpaired) electrons. The number of rotatable bonds is 1. The van der Waals surface area contributed by atoms with E-state index in [-0.39, 0.29) is 0 Å². The minimum atomic E-state index is 0.550. The highest BCUT2D eigenvalue weighted by Gasteiger charge is 2.24. The number of hydrogen-bond acceptors (Lipinski definition) is 2. The number of allylic oxidation sites excluding steroid dienone is 1. The number of benzene rings is 1. The van der Waals surface area contributed by atoms with Crippen LogP contribution in [0.1, 0.15) is 24.0 Å². The van der Waals surface area contributed by atoms with Gasteiger partial charge in [-0.3, -0.25) is 0 Å². The van der Waals surface area contributed by atoms with Crippen molar-refractivity contribution < 1.29 is 4.74 Å². The predicted octanol–water partition coefficient (Wildman–Crippen LogP) is 2.48. The molecule has 2 heteroatoms. The molecule has 2 aliphatic rings. The third-order valence-electron chi connectivity index (χ3n) is 3.49. The summed E-state index contributed by atoms with van der Waals surface area (Å²) in [6.07, 6.45) is 2.38. The van der Waals surface area contributed by atoms with E-state index in [1.54, 1.807) is 0 Å². The quantitative estimate of drug-likeness (QED) is 0.713. The molecule has 1 saturated heterocycles. The van der Waals surface area contributed by atoms with Crippen molar-refractivity contribution >= 4 is 5.70 Å². The van der Waals surface area contributed by atoms with Gasteiger partial charge in [0.15, 0.2) is 0 Å². The number of nitrogens with zero attached hydrogens (tertiary/aromatic N) is 1. The summed E-state index contributed by atoms with van der Waals surface area (Å²) in [4.78, 5) is 2.45. The van der Waals surface area contributed by atoms with Gasteiger partial charge in [-0.25, -0.2) is 0 Å². The van der Waals surface area contributed by atoms with Gasteiger partial charge in [-0.1, -0.05) is 37.3 Å². The van der Waals surface area contributed by atoms with E-state index < -0.39 is 0 Å². The predicted molar refractivity (Wildman–Crippen MR) is 65.2 cm³/mol. The largest absolute Gasteiger partial charge is 0.378 e. The third-order valence-corrected chi connectivity index (χ3v) is 3.49. The van der Waals surface area contributed by atoms with Gasteiger partial charge in [0.25, 0.3) is 0 Å². The van der Waals surface area contributed by atoms with Gasteiger partial charge in [-0.15, -0.1) is 0 Å². The van der Waals surface area contributed by atoms with Gasteiger partial charge in [-0.05, 0) is 5.56 Å². The minimum Gasteiger partial charge on any atom is -0.378 e. The zero-order chi connectivity index (χ0) is 11.0. The summed E-state index contributed by atoms with van der Waals surface area (Å²) < 4.78 is 5.41. The number of hydrogen-bond donors (Lipinski definition) is 0. The highest BCUT2D eigenvalue weighted by molar-refractivity contribution is 5.73. The van der Waals surface area contributed by atoms with Gasteiger partial charge in [0.2, 0.25) is 0 Å². The highest BCUT2D eigenvalue weighted by atomic mass is 16.5. The van der Waals surface area contributed by atoms with Crippen molar-refractivity contribution in [3.63, 3.8) is 0 Å². The lowest BCUT2D eigenvalue weighted by atomic mass is 10.0. The summed E-state index contributed by atoms with van der Waals surface area (Å²) in [6.45, 7) is 6.02. The molecule has 3 rings (SSSR count). The number of morpholine rings is 1. The molecule has 0 unspecified atom stereocenters. The molecule has 16 heavy (non-hydrogen) atoms. The first-order valence-corrected chi connectivity index (χ1v) is 6.00. The summed E-state index contributed by atoms with van der Waals surface area (Å²) in [5.74, 6) is 0.550. The normalized spacial score (nSPS) is 24.2. The van der Waals surface area contributed by atoms with Gasteiger partial charge in [0.1, 0.15) is 0 Å². The van der Waals surface area contributed by atoms with Crippen LogP contribution in [0.2, 0.25) is 0 Å². The van der Waals surface area contributed by atoms with Crippen LogP contribution in [0.5, 0.6) is 0 Å². The van der Waals surface area contributed by atoms with E-state index in [1.165, 1.54) is 16.8 Å². The zero-order valence-electron chi connectivity index (χ0n) is 9.65. The summed E-state index contributed by atoms with van der Waals surface area (Å²) in [5, 5.41) is 0. The van der Waals surface area contributed by atoms with Crippen molar-refractivity contribution in [1.29, 1.82) is 0 Å². The van der Waals surface area contributed by atoms with Gasteiger partial charge in [0, 0.05) is 30.3 Å². The Kier molecular flexibility index (Phi) is 2.44. The maximum Gasteiger partial charge on any atom is 0.0642 e. The van der Waals surface area contributed by atoms with Crippen LogP contribution in [0.3, 0.4) is 0 Å². The molecule has 0 bridgehead atoms. The van der Waals surface area contributed by atoms with E-state index in [1.807, 2.05) is 0 Å². The summed E-state index contributed by atoms with van der Waals surface area (Å²) in [5.41, 5.74) is 4.28. The van der Waals surface area contributed by atoms with Crippen molar-refractivity contribution in [2.75, 3.05) is 26.3 Å². The first kappa shape index (κ1) is 9.91. The molecule has 1 aromatic carbocycles. The molecule has 0 amide bonds. The smallest absolute Gasteiger partial charge is 0.0642 e. The Hall–Kier alpha value is -1.28. The lowest BCUT2D eigenvalue weighted by Crippen LogP contribution is -2.34. The maximum atomic E-state index is 5.41. The highest BCUT2D eigenvalue weighted by Crippen LogP contribution is 2.37. The Morgan fingerprint density at radius 3 is 2.75 bits per heavy atom. The average molecular weight is 215 g/mol. The summed E-state index contributed by atoms with van der Waals surface area (Å²) in [7, 11) is 0. The monoisotopic (exact) mass is 215 g/mol. The third kappa shape index (κ3) is 1.54. The Balaban J connectivity index is 1.94. The molecule has 1 aliphatic heterocycles. The molecular formula is C14H17NO. The second-order valence-corrected chi connectivity index (χ2v) is 4.53. The van der Waals surface area contributed by atoms with Gasteiger partial charge in [-0.2, -0.15) is 0 Å². The van der Waals surface area contributed by atoms with Crippen LogP contribution in [0.4, 0.5) is 0 Å². The molecule has 1 heterocycles. The topological polar surface area (TPSA) is 12.5 Å². The number of fused-ring (bicyclic) bond motifs is 1. The Bertz CT molecular complexity index is 418. The van der Waals surface area contributed by atoms with Crippen molar-refractivity contribution in [3.8, 4) is 0 Å². The van der Waals surface area contributed by atoms with Crippen LogP contribution in [0, 0.1) is 0 Å². The van der Waals surface area contributed by atoms with E-state index in [0.717, 1.165) is 26.3 Å². The van der Waals surface area contributed by atoms with Gasteiger partial charge in [0.05, 0.1) is 13.2 Å². The summed E-state index contributed by atoms with van der Waals surface area (Å²) >= 11 is 0. The fourth-order valence-corrected chi connectivity index (χ4v) is 2.62. The molecule has 1 fully saturated rings. The van der Waals surface area contributed by atoms with Crippen LogP contribution in [-0.4, -0.2) is 31.2 Å². The Labute approximate surface area is 96.5 Å². The SMILES string of the molecule is C[C@@H]1C=C(N2CCOCC2)c2ccccc21. The molecule has 1 aromatic rings. The van der Waals surface area contributed by atoms with Gasteiger partial charge >= 0.3 is 0 Å². The average Bonchev–Trinajstić information content (AvgIpc) is 2.69. The Morgan fingerprint density at radius 2 is 1.94 bits per heavy atom. The van der Waals surface area contributed by atoms with E-state index in [2.05, 4.69) is 42.2 Å². The van der Waals surface area contributed by atoms with Crippen molar-refractivity contribution in [2.24, 2.45) is 0 Å². The second-order valence-electron chi connectivity index (χ2n) is 4.53. The fraction of sp³-hybridized carbons (Fsp3) is 0.429. The first-order valence-electron chi connectivity index (χ1n) is 6.00. The van der Waals surface area contributed by atoms with Crippen molar-refractivity contribution in [1.82, 2.24) is 4.90 Å². The van der Waals surface area contributed by atoms with E-state index >= 15 is 0 Å². The summed E-state index contributed by atoms with van der Waals surface area (Å²) in [6, 6.07) is 8.74. The van der Waals surface area contributed by atoms with E-state index in [4.69, 9.17) is 4.74 Å². The molecule has 84 valence electrons. The molecule has 0 spiro atoms. The van der Waals surface area contributed by atoms with Crippen LogP contribution in [0.25, 0.3) is 5.70 Å². The van der Waals surface area contributed by atoms with Gasteiger partial charge < -0.3 is 9.64 Å². The molecular weight excluding hydrogens is 198 g/mol. The second kappa shape index (κ2) is 3.95. The number of ether oxygens (including phenoxy) is 1. The van der Waals surface area contributed by atoms with E-state index in [0.29, 0.717) is 5.92 Å².